The maximum absolute atomic E-state index is 13.8. The molecule has 2 atom stereocenters. The third-order valence-electron chi connectivity index (χ3n) is 4.62. The Bertz CT molecular complexity index is 622. The standard InChI is InChI=1S/C14H20FN3O2S/c1-17-8-3-4-11-10-18(9-6-13(11)17)21(19,20)14-12(15)5-2-7-16-14/h2,5,7,11,13H,3-4,6,8-10H2,1H3. The average molecular weight is 313 g/mol. The lowest BCUT2D eigenvalue weighted by Crippen LogP contribution is -2.53. The average Bonchev–Trinajstić information content (AvgIpc) is 2.47. The summed E-state index contributed by atoms with van der Waals surface area (Å²) in [6.07, 6.45) is 4.24. The third kappa shape index (κ3) is 2.69. The van der Waals surface area contributed by atoms with Gasteiger partial charge in [0, 0.05) is 25.3 Å². The first kappa shape index (κ1) is 14.9. The normalized spacial score (nSPS) is 28.3. The van der Waals surface area contributed by atoms with Crippen molar-refractivity contribution < 1.29 is 12.8 Å². The fourth-order valence-electron chi connectivity index (χ4n) is 3.52. The van der Waals surface area contributed by atoms with Crippen molar-refractivity contribution in [1.82, 2.24) is 14.2 Å². The van der Waals surface area contributed by atoms with Crippen molar-refractivity contribution in [3.8, 4) is 0 Å². The smallest absolute Gasteiger partial charge is 0.263 e. The number of halogens is 1. The van der Waals surface area contributed by atoms with Crippen LogP contribution in [-0.2, 0) is 10.0 Å². The maximum atomic E-state index is 13.8. The Hall–Kier alpha value is -1.05. The van der Waals surface area contributed by atoms with Crippen LogP contribution in [0, 0.1) is 11.7 Å². The van der Waals surface area contributed by atoms with Gasteiger partial charge in [0.1, 0.15) is 0 Å². The summed E-state index contributed by atoms with van der Waals surface area (Å²) in [6.45, 7) is 1.97. The predicted octanol–water partition coefficient (Wildman–Crippen LogP) is 1.33. The molecule has 2 unspecified atom stereocenters. The summed E-state index contributed by atoms with van der Waals surface area (Å²) in [5, 5.41) is -0.451. The molecule has 2 saturated heterocycles. The third-order valence-corrected chi connectivity index (χ3v) is 6.42. The van der Waals surface area contributed by atoms with Gasteiger partial charge >= 0.3 is 0 Å². The second-order valence-corrected chi connectivity index (χ2v) is 7.75. The number of sulfonamides is 1. The molecule has 1 aromatic rings. The van der Waals surface area contributed by atoms with E-state index in [-0.39, 0.29) is 0 Å². The molecule has 0 aliphatic carbocycles. The van der Waals surface area contributed by atoms with Gasteiger partial charge in [-0.1, -0.05) is 0 Å². The molecule has 2 aliphatic heterocycles. The lowest BCUT2D eigenvalue weighted by Gasteiger charge is -2.45. The predicted molar refractivity (Wildman–Crippen MR) is 76.7 cm³/mol. The zero-order valence-electron chi connectivity index (χ0n) is 12.1. The highest BCUT2D eigenvalue weighted by molar-refractivity contribution is 7.89. The number of nitrogens with zero attached hydrogens (tertiary/aromatic N) is 3. The molecule has 5 nitrogen and oxygen atoms in total. The van der Waals surface area contributed by atoms with Crippen molar-refractivity contribution >= 4 is 10.0 Å². The molecule has 0 saturated carbocycles. The molecular formula is C14H20FN3O2S. The number of aromatic nitrogens is 1. The molecule has 0 amide bonds. The van der Waals surface area contributed by atoms with Crippen LogP contribution in [0.1, 0.15) is 19.3 Å². The Morgan fingerprint density at radius 3 is 2.90 bits per heavy atom. The van der Waals surface area contributed by atoms with E-state index < -0.39 is 20.9 Å². The molecule has 0 bridgehead atoms. The van der Waals surface area contributed by atoms with Crippen LogP contribution in [0.3, 0.4) is 0 Å². The van der Waals surface area contributed by atoms with Gasteiger partial charge in [-0.25, -0.2) is 17.8 Å². The van der Waals surface area contributed by atoms with Crippen LogP contribution < -0.4 is 0 Å². The first-order chi connectivity index (χ1) is 10.00. The lowest BCUT2D eigenvalue weighted by molar-refractivity contribution is 0.0670. The van der Waals surface area contributed by atoms with Gasteiger partial charge in [0.2, 0.25) is 5.03 Å². The quantitative estimate of drug-likeness (QED) is 0.826. The Morgan fingerprint density at radius 1 is 1.33 bits per heavy atom. The van der Waals surface area contributed by atoms with Crippen LogP contribution in [0.5, 0.6) is 0 Å². The largest absolute Gasteiger partial charge is 0.303 e. The Labute approximate surface area is 124 Å². The summed E-state index contributed by atoms with van der Waals surface area (Å²) in [5.74, 6) is -0.445. The van der Waals surface area contributed by atoms with Crippen LogP contribution in [0.25, 0.3) is 0 Å². The van der Waals surface area contributed by atoms with Crippen LogP contribution in [0.4, 0.5) is 4.39 Å². The Morgan fingerprint density at radius 2 is 2.14 bits per heavy atom. The van der Waals surface area contributed by atoms with Crippen molar-refractivity contribution in [3.63, 3.8) is 0 Å². The van der Waals surface area contributed by atoms with E-state index >= 15 is 0 Å². The molecule has 0 radical (unpaired) electrons. The molecule has 2 fully saturated rings. The summed E-state index contributed by atoms with van der Waals surface area (Å²) in [6, 6.07) is 2.98. The van der Waals surface area contributed by atoms with Gasteiger partial charge in [0.15, 0.2) is 5.82 Å². The fraction of sp³-hybridized carbons (Fsp3) is 0.643. The topological polar surface area (TPSA) is 53.5 Å². The van der Waals surface area contributed by atoms with Crippen LogP contribution in [-0.4, -0.2) is 55.3 Å². The fourth-order valence-corrected chi connectivity index (χ4v) is 5.01. The number of hydrogen-bond acceptors (Lipinski definition) is 4. The minimum atomic E-state index is -3.83. The van der Waals surface area contributed by atoms with Gasteiger partial charge in [-0.15, -0.1) is 0 Å². The van der Waals surface area contributed by atoms with E-state index in [2.05, 4.69) is 16.9 Å². The molecule has 0 spiro atoms. The molecule has 1 aromatic heterocycles. The second kappa shape index (κ2) is 5.62. The number of piperidine rings is 2. The molecule has 3 rings (SSSR count). The second-order valence-electron chi connectivity index (χ2n) is 5.89. The zero-order valence-corrected chi connectivity index (χ0v) is 12.9. The minimum Gasteiger partial charge on any atom is -0.303 e. The van der Waals surface area contributed by atoms with Gasteiger partial charge in [-0.2, -0.15) is 4.31 Å². The van der Waals surface area contributed by atoms with E-state index in [1.165, 1.54) is 16.6 Å². The minimum absolute atomic E-state index is 0.332. The highest BCUT2D eigenvalue weighted by Gasteiger charge is 2.39. The monoisotopic (exact) mass is 313 g/mol. The lowest BCUT2D eigenvalue weighted by atomic mass is 9.85. The van der Waals surface area contributed by atoms with Crippen LogP contribution >= 0.6 is 0 Å². The summed E-state index contributed by atoms with van der Waals surface area (Å²) in [4.78, 5) is 6.05. The Kier molecular flexibility index (Phi) is 3.98. The van der Waals surface area contributed by atoms with E-state index in [0.717, 1.165) is 31.9 Å². The van der Waals surface area contributed by atoms with E-state index in [4.69, 9.17) is 0 Å². The van der Waals surface area contributed by atoms with Gasteiger partial charge in [0.25, 0.3) is 10.0 Å². The van der Waals surface area contributed by atoms with E-state index in [1.807, 2.05) is 0 Å². The van der Waals surface area contributed by atoms with Crippen molar-refractivity contribution in [2.24, 2.45) is 5.92 Å². The van der Waals surface area contributed by atoms with Gasteiger partial charge in [0.05, 0.1) is 0 Å². The molecule has 21 heavy (non-hydrogen) atoms. The number of likely N-dealkylation sites (tertiary alicyclic amines) is 1. The first-order valence-electron chi connectivity index (χ1n) is 7.31. The number of hydrogen-bond donors (Lipinski definition) is 0. The van der Waals surface area contributed by atoms with Crippen molar-refractivity contribution in [1.29, 1.82) is 0 Å². The Balaban J connectivity index is 1.83. The van der Waals surface area contributed by atoms with Crippen molar-refractivity contribution in [3.05, 3.63) is 24.1 Å². The van der Waals surface area contributed by atoms with Gasteiger partial charge in [-0.05, 0) is 50.9 Å². The first-order valence-corrected chi connectivity index (χ1v) is 8.75. The summed E-state index contributed by atoms with van der Waals surface area (Å²) in [5.41, 5.74) is 0. The molecule has 0 N–H and O–H groups in total. The van der Waals surface area contributed by atoms with Gasteiger partial charge in [-0.3, -0.25) is 0 Å². The molecule has 7 heteroatoms. The molecule has 0 aromatic carbocycles. The summed E-state index contributed by atoms with van der Waals surface area (Å²) < 4.78 is 40.3. The van der Waals surface area contributed by atoms with Crippen molar-refractivity contribution in [2.75, 3.05) is 26.7 Å². The maximum Gasteiger partial charge on any atom is 0.263 e. The van der Waals surface area contributed by atoms with E-state index in [0.29, 0.717) is 25.0 Å². The van der Waals surface area contributed by atoms with Gasteiger partial charge < -0.3 is 4.90 Å². The SMILES string of the molecule is CN1CCCC2CN(S(=O)(=O)c3ncccc3F)CCC21. The molecule has 2 aliphatic rings. The van der Waals surface area contributed by atoms with E-state index in [1.54, 1.807) is 0 Å². The highest BCUT2D eigenvalue weighted by Crippen LogP contribution is 2.32. The summed E-state index contributed by atoms with van der Waals surface area (Å²) >= 11 is 0. The van der Waals surface area contributed by atoms with E-state index in [9.17, 15) is 12.8 Å². The van der Waals surface area contributed by atoms with Crippen LogP contribution in [0.2, 0.25) is 0 Å². The van der Waals surface area contributed by atoms with Crippen LogP contribution in [0.15, 0.2) is 23.4 Å². The van der Waals surface area contributed by atoms with Crippen molar-refractivity contribution in [2.45, 2.75) is 30.3 Å². The number of rotatable bonds is 2. The molecule has 116 valence electrons. The number of fused-ring (bicyclic) bond motifs is 1. The number of pyridine rings is 1. The molecular weight excluding hydrogens is 293 g/mol. The highest BCUT2D eigenvalue weighted by atomic mass is 32.2. The zero-order chi connectivity index (χ0) is 15.0. The molecule has 3 heterocycles. The summed E-state index contributed by atoms with van der Waals surface area (Å²) in [7, 11) is -1.74.